The van der Waals surface area contributed by atoms with Crippen LogP contribution in [0.5, 0.6) is 0 Å². The Kier molecular flexibility index (Phi) is 3.10. The maximum Gasteiger partial charge on any atom is 0.410 e. The second-order valence-electron chi connectivity index (χ2n) is 6.47. The summed E-state index contributed by atoms with van der Waals surface area (Å²) < 4.78 is 5.44. The van der Waals surface area contributed by atoms with E-state index >= 15 is 0 Å². The number of amides is 1. The summed E-state index contributed by atoms with van der Waals surface area (Å²) in [4.78, 5) is 16.4. The van der Waals surface area contributed by atoms with Crippen molar-refractivity contribution in [3.8, 4) is 0 Å². The van der Waals surface area contributed by atoms with Crippen LogP contribution in [0.3, 0.4) is 0 Å². The minimum Gasteiger partial charge on any atom is -0.444 e. The maximum absolute atomic E-state index is 12.0. The second-order valence-corrected chi connectivity index (χ2v) is 6.47. The van der Waals surface area contributed by atoms with E-state index in [4.69, 9.17) is 4.74 Å². The summed E-state index contributed by atoms with van der Waals surface area (Å²) in [7, 11) is 0. The monoisotopic (exact) mass is 240 g/mol. The summed E-state index contributed by atoms with van der Waals surface area (Å²) >= 11 is 0. The van der Waals surface area contributed by atoms with Gasteiger partial charge in [-0.1, -0.05) is 0 Å². The molecule has 0 N–H and O–H groups in total. The van der Waals surface area contributed by atoms with Gasteiger partial charge in [0.15, 0.2) is 0 Å². The highest BCUT2D eigenvalue weighted by Crippen LogP contribution is 2.32. The van der Waals surface area contributed by atoms with Crippen LogP contribution in [0.1, 0.15) is 41.0 Å². The van der Waals surface area contributed by atoms with Crippen LogP contribution >= 0.6 is 0 Å². The molecule has 0 spiro atoms. The van der Waals surface area contributed by atoms with Gasteiger partial charge in [-0.05, 0) is 41.0 Å². The minimum absolute atomic E-state index is 0.145. The fraction of sp³-hybridized carbons (Fsp3) is 0.923. The molecule has 98 valence electrons. The Labute approximate surface area is 104 Å². The van der Waals surface area contributed by atoms with Crippen molar-refractivity contribution in [2.24, 2.45) is 0 Å². The van der Waals surface area contributed by atoms with Crippen LogP contribution in [0, 0.1) is 0 Å². The van der Waals surface area contributed by atoms with E-state index in [1.807, 2.05) is 25.7 Å². The minimum atomic E-state index is -0.392. The highest BCUT2D eigenvalue weighted by molar-refractivity contribution is 5.69. The average Bonchev–Trinajstić information content (AvgIpc) is 2.72. The van der Waals surface area contributed by atoms with Crippen LogP contribution < -0.4 is 0 Å². The molecule has 2 aliphatic heterocycles. The predicted octanol–water partition coefficient (Wildman–Crippen LogP) is 2.09. The number of likely N-dealkylation sites (tertiary alicyclic amines) is 2. The molecule has 1 unspecified atom stereocenters. The third-order valence-corrected chi connectivity index (χ3v) is 3.57. The van der Waals surface area contributed by atoms with Crippen molar-refractivity contribution in [2.45, 2.75) is 64.8 Å². The Balaban J connectivity index is 1.94. The lowest BCUT2D eigenvalue weighted by Gasteiger charge is -2.37. The first-order valence-electron chi connectivity index (χ1n) is 6.53. The lowest BCUT2D eigenvalue weighted by atomic mass is 10.2. The van der Waals surface area contributed by atoms with Gasteiger partial charge in [-0.15, -0.1) is 0 Å². The van der Waals surface area contributed by atoms with Gasteiger partial charge in [0, 0.05) is 31.2 Å². The van der Waals surface area contributed by atoms with Crippen LogP contribution in [0.25, 0.3) is 0 Å². The maximum atomic E-state index is 12.0. The number of nitrogens with zero attached hydrogens (tertiary/aromatic N) is 2. The number of carbonyl (C=O) groups is 1. The molecule has 2 rings (SSSR count). The van der Waals surface area contributed by atoms with E-state index in [9.17, 15) is 4.79 Å². The first-order valence-corrected chi connectivity index (χ1v) is 6.53. The molecule has 0 aliphatic carbocycles. The normalized spacial score (nSPS) is 29.2. The molecule has 2 atom stereocenters. The van der Waals surface area contributed by atoms with Crippen molar-refractivity contribution in [1.29, 1.82) is 0 Å². The molecule has 0 aromatic heterocycles. The first kappa shape index (κ1) is 12.7. The summed E-state index contributed by atoms with van der Waals surface area (Å²) in [5.41, 5.74) is -0.392. The molecule has 2 heterocycles. The van der Waals surface area contributed by atoms with E-state index in [0.29, 0.717) is 18.1 Å². The van der Waals surface area contributed by atoms with Crippen molar-refractivity contribution in [2.75, 3.05) is 13.1 Å². The van der Waals surface area contributed by atoms with Gasteiger partial charge >= 0.3 is 6.09 Å². The van der Waals surface area contributed by atoms with Gasteiger partial charge in [0.05, 0.1) is 0 Å². The van der Waals surface area contributed by atoms with Gasteiger partial charge in [-0.3, -0.25) is 4.90 Å². The zero-order valence-corrected chi connectivity index (χ0v) is 11.6. The number of hydrogen-bond donors (Lipinski definition) is 0. The van der Waals surface area contributed by atoms with Crippen molar-refractivity contribution in [1.82, 2.24) is 9.80 Å². The summed E-state index contributed by atoms with van der Waals surface area (Å²) in [6.45, 7) is 12.0. The first-order chi connectivity index (χ1) is 7.78. The summed E-state index contributed by atoms with van der Waals surface area (Å²) in [5, 5.41) is 0. The van der Waals surface area contributed by atoms with Crippen LogP contribution in [0.4, 0.5) is 4.79 Å². The van der Waals surface area contributed by atoms with Gasteiger partial charge in [0.1, 0.15) is 5.60 Å². The van der Waals surface area contributed by atoms with Gasteiger partial charge in [0.25, 0.3) is 0 Å². The molecule has 1 amide bonds. The molecule has 17 heavy (non-hydrogen) atoms. The molecule has 0 aromatic rings. The number of fused-ring (bicyclic) bond motifs is 2. The van der Waals surface area contributed by atoms with Crippen LogP contribution in [0.2, 0.25) is 0 Å². The van der Waals surface area contributed by atoms with Gasteiger partial charge in [-0.25, -0.2) is 4.79 Å². The molecule has 4 heteroatoms. The highest BCUT2D eigenvalue weighted by Gasteiger charge is 2.46. The Morgan fingerprint density at radius 2 is 1.88 bits per heavy atom. The molecule has 2 bridgehead atoms. The molecule has 0 saturated carbocycles. The van der Waals surface area contributed by atoms with Gasteiger partial charge in [-0.2, -0.15) is 0 Å². The zero-order chi connectivity index (χ0) is 12.8. The van der Waals surface area contributed by atoms with E-state index in [-0.39, 0.29) is 6.09 Å². The van der Waals surface area contributed by atoms with Crippen LogP contribution in [-0.2, 0) is 4.74 Å². The summed E-state index contributed by atoms with van der Waals surface area (Å²) in [5.74, 6) is 0. The lowest BCUT2D eigenvalue weighted by molar-refractivity contribution is 0.0104. The van der Waals surface area contributed by atoms with E-state index in [2.05, 4.69) is 18.7 Å². The van der Waals surface area contributed by atoms with E-state index < -0.39 is 5.60 Å². The predicted molar refractivity (Wildman–Crippen MR) is 67.0 cm³/mol. The van der Waals surface area contributed by atoms with E-state index in [0.717, 1.165) is 19.5 Å². The molecular weight excluding hydrogens is 216 g/mol. The molecular formula is C13H24N2O2. The average molecular weight is 240 g/mol. The van der Waals surface area contributed by atoms with Gasteiger partial charge < -0.3 is 9.64 Å². The number of carbonyl (C=O) groups excluding carboxylic acids is 1. The fourth-order valence-electron chi connectivity index (χ4n) is 2.87. The number of piperazine rings is 1. The van der Waals surface area contributed by atoms with Crippen molar-refractivity contribution >= 4 is 6.09 Å². The Hall–Kier alpha value is -0.770. The second kappa shape index (κ2) is 4.16. The molecule has 2 saturated heterocycles. The van der Waals surface area contributed by atoms with Crippen molar-refractivity contribution in [3.63, 3.8) is 0 Å². The highest BCUT2D eigenvalue weighted by atomic mass is 16.6. The molecule has 0 aromatic carbocycles. The summed E-state index contributed by atoms with van der Waals surface area (Å²) in [6, 6.07) is 1.47. The molecule has 0 radical (unpaired) electrons. The fourth-order valence-corrected chi connectivity index (χ4v) is 2.87. The number of hydrogen-bond acceptors (Lipinski definition) is 3. The third kappa shape index (κ3) is 2.57. The SMILES string of the molecule is CC(C)N1CC2C[C@H]1CN2C(=O)OC(C)(C)C. The molecule has 2 fully saturated rings. The topological polar surface area (TPSA) is 32.8 Å². The third-order valence-electron chi connectivity index (χ3n) is 3.57. The standard InChI is InChI=1S/C13H24N2O2/c1-9(2)14-7-11-6-10(14)8-15(11)12(16)17-13(3,4)5/h9-11H,6-8H2,1-5H3/t10-,11?/m0/s1. The van der Waals surface area contributed by atoms with E-state index in [1.165, 1.54) is 0 Å². The molecule has 4 nitrogen and oxygen atoms in total. The number of rotatable bonds is 1. The Bertz CT molecular complexity index is 309. The van der Waals surface area contributed by atoms with Gasteiger partial charge in [0.2, 0.25) is 0 Å². The smallest absolute Gasteiger partial charge is 0.410 e. The molecule has 2 aliphatic rings. The Morgan fingerprint density at radius 1 is 1.24 bits per heavy atom. The zero-order valence-electron chi connectivity index (χ0n) is 11.6. The van der Waals surface area contributed by atoms with Crippen LogP contribution in [0.15, 0.2) is 0 Å². The summed E-state index contributed by atoms with van der Waals surface area (Å²) in [6.07, 6.45) is 0.964. The lowest BCUT2D eigenvalue weighted by Crippen LogP contribution is -2.51. The largest absolute Gasteiger partial charge is 0.444 e. The van der Waals surface area contributed by atoms with Crippen molar-refractivity contribution in [3.05, 3.63) is 0 Å². The van der Waals surface area contributed by atoms with Crippen LogP contribution in [-0.4, -0.2) is 52.7 Å². The number of ether oxygens (including phenoxy) is 1. The van der Waals surface area contributed by atoms with E-state index in [1.54, 1.807) is 0 Å². The van der Waals surface area contributed by atoms with Crippen molar-refractivity contribution < 1.29 is 9.53 Å². The Morgan fingerprint density at radius 3 is 2.29 bits per heavy atom. The quantitative estimate of drug-likeness (QED) is 0.703.